The van der Waals surface area contributed by atoms with Gasteiger partial charge >= 0.3 is 0 Å². The molecule has 0 aromatic heterocycles. The van der Waals surface area contributed by atoms with Crippen LogP contribution in [0.4, 0.5) is 0 Å². The molecule has 96 valence electrons. The first-order chi connectivity index (χ1) is 8.86. The Labute approximate surface area is 109 Å². The normalized spacial score (nSPS) is 22.5. The molecule has 1 fully saturated rings. The summed E-state index contributed by atoms with van der Waals surface area (Å²) in [6, 6.07) is 10.1. The summed E-state index contributed by atoms with van der Waals surface area (Å²) >= 11 is 0. The predicted octanol–water partition coefficient (Wildman–Crippen LogP) is 2.76. The molecule has 2 heteroatoms. The van der Waals surface area contributed by atoms with Crippen molar-refractivity contribution >= 4 is 0 Å². The fourth-order valence-electron chi connectivity index (χ4n) is 2.20. The van der Waals surface area contributed by atoms with Gasteiger partial charge in [-0.2, -0.15) is 0 Å². The van der Waals surface area contributed by atoms with E-state index in [9.17, 15) is 5.11 Å². The molecule has 18 heavy (non-hydrogen) atoms. The van der Waals surface area contributed by atoms with Gasteiger partial charge < -0.3 is 9.84 Å². The second-order valence-corrected chi connectivity index (χ2v) is 4.71. The standard InChI is InChI=1S/C16H20O2/c17-16-11-6-10-15(16)9-4-5-12-18-13-14-7-2-1-3-8-14/h1-3,7-8,15-17H,5-6,10-13H2/t15-,16-/m0/s1. The van der Waals surface area contributed by atoms with E-state index in [4.69, 9.17) is 4.74 Å². The van der Waals surface area contributed by atoms with Gasteiger partial charge in [0.2, 0.25) is 0 Å². The van der Waals surface area contributed by atoms with Crippen LogP contribution in [0.3, 0.4) is 0 Å². The van der Waals surface area contributed by atoms with Gasteiger partial charge in [0.05, 0.1) is 19.3 Å². The quantitative estimate of drug-likeness (QED) is 0.652. The highest BCUT2D eigenvalue weighted by Gasteiger charge is 2.22. The zero-order valence-corrected chi connectivity index (χ0v) is 10.6. The van der Waals surface area contributed by atoms with Crippen molar-refractivity contribution in [1.82, 2.24) is 0 Å². The van der Waals surface area contributed by atoms with Crippen molar-refractivity contribution in [1.29, 1.82) is 0 Å². The highest BCUT2D eigenvalue weighted by Crippen LogP contribution is 2.24. The van der Waals surface area contributed by atoms with Crippen molar-refractivity contribution in [3.05, 3.63) is 35.9 Å². The van der Waals surface area contributed by atoms with Gasteiger partial charge in [0, 0.05) is 12.3 Å². The number of hydrogen-bond acceptors (Lipinski definition) is 2. The predicted molar refractivity (Wildman–Crippen MR) is 71.8 cm³/mol. The van der Waals surface area contributed by atoms with E-state index in [1.165, 1.54) is 5.56 Å². The van der Waals surface area contributed by atoms with E-state index < -0.39 is 0 Å². The molecule has 0 amide bonds. The molecule has 2 atom stereocenters. The Morgan fingerprint density at radius 3 is 2.78 bits per heavy atom. The van der Waals surface area contributed by atoms with Crippen LogP contribution in [-0.4, -0.2) is 17.8 Å². The summed E-state index contributed by atoms with van der Waals surface area (Å²) in [5.41, 5.74) is 1.19. The highest BCUT2D eigenvalue weighted by atomic mass is 16.5. The molecule has 0 aliphatic heterocycles. The van der Waals surface area contributed by atoms with Crippen LogP contribution >= 0.6 is 0 Å². The molecule has 0 unspecified atom stereocenters. The second-order valence-electron chi connectivity index (χ2n) is 4.71. The molecule has 0 radical (unpaired) electrons. The summed E-state index contributed by atoms with van der Waals surface area (Å²) in [4.78, 5) is 0. The summed E-state index contributed by atoms with van der Waals surface area (Å²) in [6.07, 6.45) is 3.59. The maximum Gasteiger partial charge on any atom is 0.0717 e. The van der Waals surface area contributed by atoms with Crippen LogP contribution < -0.4 is 0 Å². The van der Waals surface area contributed by atoms with E-state index >= 15 is 0 Å². The number of aliphatic hydroxyl groups excluding tert-OH is 1. The van der Waals surface area contributed by atoms with Crippen molar-refractivity contribution in [3.8, 4) is 11.8 Å². The van der Waals surface area contributed by atoms with E-state index in [-0.39, 0.29) is 12.0 Å². The van der Waals surface area contributed by atoms with E-state index in [0.29, 0.717) is 13.2 Å². The Morgan fingerprint density at radius 2 is 2.06 bits per heavy atom. The van der Waals surface area contributed by atoms with Crippen LogP contribution in [0.25, 0.3) is 0 Å². The van der Waals surface area contributed by atoms with E-state index in [1.54, 1.807) is 0 Å². The fraction of sp³-hybridized carbons (Fsp3) is 0.500. The zero-order chi connectivity index (χ0) is 12.6. The SMILES string of the molecule is O[C@H]1CCC[C@@H]1C#CCCOCc1ccccc1. The molecule has 0 bridgehead atoms. The zero-order valence-electron chi connectivity index (χ0n) is 10.6. The van der Waals surface area contributed by atoms with Crippen LogP contribution in [0.1, 0.15) is 31.2 Å². The Hall–Kier alpha value is -1.30. The van der Waals surface area contributed by atoms with Crippen molar-refractivity contribution < 1.29 is 9.84 Å². The van der Waals surface area contributed by atoms with Crippen LogP contribution in [-0.2, 0) is 11.3 Å². The molecule has 0 saturated heterocycles. The first kappa shape index (κ1) is 13.1. The fourth-order valence-corrected chi connectivity index (χ4v) is 2.20. The van der Waals surface area contributed by atoms with E-state index in [0.717, 1.165) is 25.7 Å². The Kier molecular flexibility index (Phi) is 5.26. The molecule has 1 N–H and O–H groups in total. The largest absolute Gasteiger partial charge is 0.392 e. The van der Waals surface area contributed by atoms with Gasteiger partial charge in [-0.1, -0.05) is 36.3 Å². The number of ether oxygens (including phenoxy) is 1. The van der Waals surface area contributed by atoms with E-state index in [1.807, 2.05) is 18.2 Å². The lowest BCUT2D eigenvalue weighted by Crippen LogP contribution is -2.10. The van der Waals surface area contributed by atoms with Gasteiger partial charge in [0.15, 0.2) is 0 Å². The summed E-state index contributed by atoms with van der Waals surface area (Å²) < 4.78 is 5.55. The molecule has 1 aromatic carbocycles. The molecule has 1 aliphatic carbocycles. The first-order valence-corrected chi connectivity index (χ1v) is 6.64. The van der Waals surface area contributed by atoms with Crippen LogP contribution in [0.15, 0.2) is 30.3 Å². The Morgan fingerprint density at radius 1 is 1.22 bits per heavy atom. The number of hydrogen-bond donors (Lipinski definition) is 1. The number of aliphatic hydroxyl groups is 1. The Balaban J connectivity index is 1.60. The highest BCUT2D eigenvalue weighted by molar-refractivity contribution is 5.13. The molecule has 1 aliphatic rings. The van der Waals surface area contributed by atoms with Crippen LogP contribution in [0, 0.1) is 17.8 Å². The average molecular weight is 244 g/mol. The summed E-state index contributed by atoms with van der Waals surface area (Å²) in [7, 11) is 0. The molecule has 2 rings (SSSR count). The lowest BCUT2D eigenvalue weighted by Gasteiger charge is -2.05. The van der Waals surface area contributed by atoms with Crippen molar-refractivity contribution in [3.63, 3.8) is 0 Å². The lowest BCUT2D eigenvalue weighted by molar-refractivity contribution is 0.126. The number of benzene rings is 1. The minimum Gasteiger partial charge on any atom is -0.392 e. The van der Waals surface area contributed by atoms with Crippen molar-refractivity contribution in [2.24, 2.45) is 5.92 Å². The van der Waals surface area contributed by atoms with E-state index in [2.05, 4.69) is 24.0 Å². The van der Waals surface area contributed by atoms with Crippen molar-refractivity contribution in [2.45, 2.75) is 38.4 Å². The van der Waals surface area contributed by atoms with Crippen molar-refractivity contribution in [2.75, 3.05) is 6.61 Å². The third-order valence-corrected chi connectivity index (χ3v) is 3.25. The summed E-state index contributed by atoms with van der Waals surface area (Å²) in [5.74, 6) is 6.45. The molecule has 2 nitrogen and oxygen atoms in total. The average Bonchev–Trinajstić information content (AvgIpc) is 2.81. The molecular weight excluding hydrogens is 224 g/mol. The lowest BCUT2D eigenvalue weighted by atomic mass is 10.1. The third-order valence-electron chi connectivity index (χ3n) is 3.25. The second kappa shape index (κ2) is 7.20. The van der Waals surface area contributed by atoms with Gasteiger partial charge in [-0.3, -0.25) is 0 Å². The first-order valence-electron chi connectivity index (χ1n) is 6.64. The maximum absolute atomic E-state index is 9.61. The minimum atomic E-state index is -0.206. The molecule has 0 heterocycles. The van der Waals surface area contributed by atoms with Gasteiger partial charge in [0.25, 0.3) is 0 Å². The summed E-state index contributed by atoms with van der Waals surface area (Å²) in [5, 5.41) is 9.61. The summed E-state index contributed by atoms with van der Waals surface area (Å²) in [6.45, 7) is 1.30. The Bertz CT molecular complexity index is 402. The molecular formula is C16H20O2. The molecule has 1 aromatic rings. The maximum atomic E-state index is 9.61. The van der Waals surface area contributed by atoms with Gasteiger partial charge in [-0.05, 0) is 24.8 Å². The van der Waals surface area contributed by atoms with Gasteiger partial charge in [0.1, 0.15) is 0 Å². The number of rotatable bonds is 4. The van der Waals surface area contributed by atoms with Crippen LogP contribution in [0.2, 0.25) is 0 Å². The molecule has 1 saturated carbocycles. The van der Waals surface area contributed by atoms with Gasteiger partial charge in [-0.15, -0.1) is 5.92 Å². The minimum absolute atomic E-state index is 0.194. The third kappa shape index (κ3) is 4.18. The monoisotopic (exact) mass is 244 g/mol. The van der Waals surface area contributed by atoms with Crippen LogP contribution in [0.5, 0.6) is 0 Å². The topological polar surface area (TPSA) is 29.5 Å². The molecule has 0 spiro atoms. The van der Waals surface area contributed by atoms with Gasteiger partial charge in [-0.25, -0.2) is 0 Å². The smallest absolute Gasteiger partial charge is 0.0717 e.